The molecule has 1 N–H and O–H groups in total. The van der Waals surface area contributed by atoms with Gasteiger partial charge in [-0.25, -0.2) is 12.1 Å². The first kappa shape index (κ1) is 32.2. The molecular formula is C23H35I2OTi. The first-order valence-corrected chi connectivity index (χ1v) is 8.79. The normalized spacial score (nSPS) is 11.1. The molecule has 2 aromatic rings. The van der Waals surface area contributed by atoms with Crippen LogP contribution in [0.25, 0.3) is 0 Å². The van der Waals surface area contributed by atoms with E-state index in [2.05, 4.69) is 74.4 Å². The SMILES string of the molecule is CC(C)(C)c1cc(C(C)(C)C)c(O)c(C(C)(C)C)c1.[I-].[I-].[Ti+3].c1cc[cH-]c1. The number of aromatic hydroxyl groups is 1. The van der Waals surface area contributed by atoms with E-state index >= 15 is 0 Å². The van der Waals surface area contributed by atoms with E-state index in [-0.39, 0.29) is 85.9 Å². The van der Waals surface area contributed by atoms with Crippen LogP contribution in [0.3, 0.4) is 0 Å². The van der Waals surface area contributed by atoms with Crippen molar-refractivity contribution in [3.63, 3.8) is 0 Å². The minimum Gasteiger partial charge on any atom is -1.00 e. The molecule has 151 valence electrons. The zero-order valence-corrected chi connectivity index (χ0v) is 24.1. The predicted molar refractivity (Wildman–Crippen MR) is 106 cm³/mol. The van der Waals surface area contributed by atoms with Gasteiger partial charge in [0.2, 0.25) is 0 Å². The Morgan fingerprint density at radius 3 is 1.19 bits per heavy atom. The van der Waals surface area contributed by atoms with Crippen LogP contribution >= 0.6 is 0 Å². The maximum Gasteiger partial charge on any atom is 3.00 e. The summed E-state index contributed by atoms with van der Waals surface area (Å²) in [7, 11) is 0. The maximum atomic E-state index is 10.7. The Hall–Kier alpha value is 0.544. The van der Waals surface area contributed by atoms with E-state index in [0.29, 0.717) is 5.75 Å². The van der Waals surface area contributed by atoms with Gasteiger partial charge in [0.25, 0.3) is 0 Å². The van der Waals surface area contributed by atoms with Crippen molar-refractivity contribution in [2.24, 2.45) is 0 Å². The molecule has 1 nitrogen and oxygen atoms in total. The second-order valence-electron chi connectivity index (χ2n) is 9.63. The summed E-state index contributed by atoms with van der Waals surface area (Å²) in [5.41, 5.74) is 3.37. The summed E-state index contributed by atoms with van der Waals surface area (Å²) in [4.78, 5) is 0. The van der Waals surface area contributed by atoms with E-state index in [9.17, 15) is 5.11 Å². The van der Waals surface area contributed by atoms with Gasteiger partial charge in [-0.15, -0.1) is 0 Å². The van der Waals surface area contributed by atoms with Gasteiger partial charge in [0.05, 0.1) is 0 Å². The summed E-state index contributed by atoms with van der Waals surface area (Å²) in [6, 6.07) is 14.3. The van der Waals surface area contributed by atoms with Gasteiger partial charge in [-0.1, -0.05) is 74.4 Å². The number of hydrogen-bond acceptors (Lipinski definition) is 1. The number of rotatable bonds is 0. The molecule has 0 unspecified atom stereocenters. The number of halogens is 2. The minimum absolute atomic E-state index is 0. The van der Waals surface area contributed by atoms with Gasteiger partial charge < -0.3 is 53.1 Å². The molecule has 0 saturated heterocycles. The van der Waals surface area contributed by atoms with Gasteiger partial charge in [-0.05, 0) is 32.9 Å². The Morgan fingerprint density at radius 1 is 0.667 bits per heavy atom. The number of benzene rings is 1. The Morgan fingerprint density at radius 2 is 1.00 bits per heavy atom. The van der Waals surface area contributed by atoms with Gasteiger partial charge in [-0.3, -0.25) is 0 Å². The van der Waals surface area contributed by atoms with E-state index in [1.165, 1.54) is 5.56 Å². The van der Waals surface area contributed by atoms with Crippen LogP contribution in [0.4, 0.5) is 0 Å². The minimum atomic E-state index is -0.0503. The largest absolute Gasteiger partial charge is 3.00 e. The van der Waals surface area contributed by atoms with Gasteiger partial charge in [-0.2, -0.15) is 18.2 Å². The van der Waals surface area contributed by atoms with E-state index in [4.69, 9.17) is 0 Å². The van der Waals surface area contributed by atoms with Crippen molar-refractivity contribution in [2.75, 3.05) is 0 Å². The van der Waals surface area contributed by atoms with Gasteiger partial charge >= 0.3 is 21.7 Å². The third kappa shape index (κ3) is 10.2. The molecule has 0 fully saturated rings. The molecular weight excluding hydrogens is 594 g/mol. The fourth-order valence-electron chi connectivity index (χ4n) is 2.53. The zero-order valence-electron chi connectivity index (χ0n) is 18.2. The van der Waals surface area contributed by atoms with Crippen LogP contribution in [0, 0.1) is 0 Å². The average Bonchev–Trinajstić information content (AvgIpc) is 2.93. The molecule has 0 aromatic heterocycles. The van der Waals surface area contributed by atoms with E-state index in [1.54, 1.807) is 0 Å². The molecule has 0 atom stereocenters. The van der Waals surface area contributed by atoms with Crippen molar-refractivity contribution in [3.8, 4) is 5.75 Å². The molecule has 0 spiro atoms. The molecule has 0 saturated carbocycles. The fraction of sp³-hybridized carbons (Fsp3) is 0.522. The van der Waals surface area contributed by atoms with Gasteiger partial charge in [0.1, 0.15) is 5.75 Å². The fourth-order valence-corrected chi connectivity index (χ4v) is 2.53. The Bertz CT molecular complexity index is 590. The van der Waals surface area contributed by atoms with E-state index in [1.807, 2.05) is 30.3 Å². The molecule has 0 aliphatic heterocycles. The van der Waals surface area contributed by atoms with Crippen molar-refractivity contribution >= 4 is 0 Å². The summed E-state index contributed by atoms with van der Waals surface area (Å²) in [6.07, 6.45) is 0. The van der Waals surface area contributed by atoms with Crippen LogP contribution in [-0.2, 0) is 38.0 Å². The van der Waals surface area contributed by atoms with Crippen molar-refractivity contribution in [3.05, 3.63) is 59.2 Å². The van der Waals surface area contributed by atoms with Crippen molar-refractivity contribution in [1.29, 1.82) is 0 Å². The summed E-state index contributed by atoms with van der Waals surface area (Å²) >= 11 is 0. The Labute approximate surface area is 216 Å². The van der Waals surface area contributed by atoms with Crippen LogP contribution in [0.15, 0.2) is 42.5 Å². The van der Waals surface area contributed by atoms with Crippen LogP contribution < -0.4 is 48.0 Å². The molecule has 1 radical (unpaired) electrons. The molecule has 2 rings (SSSR count). The number of phenolic OH excluding ortho intramolecular Hbond substituents is 1. The van der Waals surface area contributed by atoms with Gasteiger partial charge in [0.15, 0.2) is 0 Å². The Balaban J connectivity index is -0.000000625. The van der Waals surface area contributed by atoms with Crippen molar-refractivity contribution < 1.29 is 74.8 Å². The van der Waals surface area contributed by atoms with Gasteiger partial charge in [0, 0.05) is 0 Å². The van der Waals surface area contributed by atoms with Crippen molar-refractivity contribution in [1.82, 2.24) is 0 Å². The Kier molecular flexibility index (Phi) is 14.7. The molecule has 27 heavy (non-hydrogen) atoms. The maximum absolute atomic E-state index is 10.7. The third-order valence-corrected chi connectivity index (χ3v) is 4.15. The first-order valence-electron chi connectivity index (χ1n) is 8.79. The van der Waals surface area contributed by atoms with Crippen LogP contribution in [0.5, 0.6) is 5.75 Å². The molecule has 0 bridgehead atoms. The monoisotopic (exact) mass is 629 g/mol. The van der Waals surface area contributed by atoms with Crippen LogP contribution in [0.1, 0.15) is 79.0 Å². The number of phenols is 1. The second kappa shape index (κ2) is 12.3. The van der Waals surface area contributed by atoms with E-state index in [0.717, 1.165) is 11.1 Å². The summed E-state index contributed by atoms with van der Waals surface area (Å²) in [5, 5.41) is 10.7. The third-order valence-electron chi connectivity index (χ3n) is 4.15. The predicted octanol–water partition coefficient (Wildman–Crippen LogP) is 0.696. The quantitative estimate of drug-likeness (QED) is 0.259. The second-order valence-corrected chi connectivity index (χ2v) is 9.63. The summed E-state index contributed by atoms with van der Waals surface area (Å²) < 4.78 is 0. The summed E-state index contributed by atoms with van der Waals surface area (Å²) in [6.45, 7) is 19.6. The molecule has 0 heterocycles. The van der Waals surface area contributed by atoms with Crippen molar-refractivity contribution in [2.45, 2.75) is 78.6 Å². The first-order chi connectivity index (χ1) is 10.7. The van der Waals surface area contributed by atoms with E-state index < -0.39 is 0 Å². The van der Waals surface area contributed by atoms with Crippen LogP contribution in [-0.4, -0.2) is 5.11 Å². The topological polar surface area (TPSA) is 20.2 Å². The number of hydrogen-bond donors (Lipinski definition) is 1. The molecule has 4 heteroatoms. The molecule has 0 amide bonds. The molecule has 0 aliphatic carbocycles. The smallest absolute Gasteiger partial charge is 1.00 e. The molecule has 2 aromatic carbocycles. The molecule has 0 aliphatic rings. The van der Waals surface area contributed by atoms with Crippen LogP contribution in [0.2, 0.25) is 0 Å². The summed E-state index contributed by atoms with van der Waals surface area (Å²) in [5.74, 6) is 0.466. The zero-order chi connectivity index (χ0) is 18.8. The average molecular weight is 629 g/mol. The standard InChI is InChI=1S/C18H30O.C5H5.2HI.Ti/c1-16(2,3)12-10-13(17(4,5)6)15(19)14(11-12)18(7,8)9;1-2-4-5-3-1;;;/h10-11,19H,1-9H3;1-5H;2*1H;/q;-1;;;+3/p-2.